The smallest absolute Gasteiger partial charge is 0.00344 e. The molecule has 0 bridgehead atoms. The highest BCUT2D eigenvalue weighted by Crippen LogP contribution is 2.20. The van der Waals surface area contributed by atoms with E-state index >= 15 is 0 Å². The summed E-state index contributed by atoms with van der Waals surface area (Å²) in [6.45, 7) is 8.66. The molecule has 1 unspecified atom stereocenters. The van der Waals surface area contributed by atoms with Gasteiger partial charge in [-0.2, -0.15) is 0 Å². The zero-order valence-electron chi connectivity index (χ0n) is 9.64. The molecule has 0 aliphatic carbocycles. The number of halogens is 1. The molecule has 0 N–H and O–H groups in total. The molecule has 14 heavy (non-hydrogen) atoms. The Morgan fingerprint density at radius 3 is 2.86 bits per heavy atom. The minimum atomic E-state index is 0.871. The van der Waals surface area contributed by atoms with Crippen LogP contribution in [0.25, 0.3) is 0 Å². The van der Waals surface area contributed by atoms with E-state index in [1.807, 2.05) is 0 Å². The van der Waals surface area contributed by atoms with E-state index in [9.17, 15) is 0 Å². The first-order valence-electron chi connectivity index (χ1n) is 6.00. The van der Waals surface area contributed by atoms with Gasteiger partial charge in [0.25, 0.3) is 0 Å². The molecule has 1 rings (SSSR count). The second-order valence-corrected chi connectivity index (χ2v) is 5.76. The Kier molecular flexibility index (Phi) is 6.11. The molecule has 1 fully saturated rings. The highest BCUT2D eigenvalue weighted by molar-refractivity contribution is 9.09. The van der Waals surface area contributed by atoms with Crippen LogP contribution in [0.5, 0.6) is 0 Å². The third-order valence-electron chi connectivity index (χ3n) is 3.14. The lowest BCUT2D eigenvalue weighted by atomic mass is 10.1. The van der Waals surface area contributed by atoms with Crippen LogP contribution in [-0.2, 0) is 0 Å². The van der Waals surface area contributed by atoms with Gasteiger partial charge in [0.1, 0.15) is 0 Å². The number of nitrogens with zero attached hydrogens (tertiary/aromatic N) is 1. The van der Waals surface area contributed by atoms with Gasteiger partial charge >= 0.3 is 0 Å². The fourth-order valence-corrected chi connectivity index (χ4v) is 2.88. The number of likely N-dealkylation sites (tertiary alicyclic amines) is 1. The Bertz CT molecular complexity index is 147. The van der Waals surface area contributed by atoms with Crippen molar-refractivity contribution < 1.29 is 0 Å². The molecule has 1 atom stereocenters. The van der Waals surface area contributed by atoms with Crippen LogP contribution in [-0.4, -0.2) is 29.9 Å². The van der Waals surface area contributed by atoms with Gasteiger partial charge in [-0.05, 0) is 50.6 Å². The SMILES string of the molecule is CC(C)CCCN1CCC(CCBr)C1. The van der Waals surface area contributed by atoms with E-state index in [0.29, 0.717) is 0 Å². The van der Waals surface area contributed by atoms with Gasteiger partial charge in [0.2, 0.25) is 0 Å². The third-order valence-corrected chi connectivity index (χ3v) is 3.60. The summed E-state index contributed by atoms with van der Waals surface area (Å²) in [5.41, 5.74) is 0. The lowest BCUT2D eigenvalue weighted by Crippen LogP contribution is -2.22. The Hall–Kier alpha value is 0.440. The minimum Gasteiger partial charge on any atom is -0.303 e. The minimum absolute atomic E-state index is 0.871. The first-order valence-corrected chi connectivity index (χ1v) is 7.13. The Balaban J connectivity index is 2.04. The first-order chi connectivity index (χ1) is 6.72. The number of alkyl halides is 1. The topological polar surface area (TPSA) is 3.24 Å². The molecule has 0 aromatic heterocycles. The molecule has 1 saturated heterocycles. The lowest BCUT2D eigenvalue weighted by Gasteiger charge is -2.16. The molecule has 1 heterocycles. The van der Waals surface area contributed by atoms with Crippen molar-refractivity contribution in [3.63, 3.8) is 0 Å². The van der Waals surface area contributed by atoms with Crippen LogP contribution < -0.4 is 0 Å². The highest BCUT2D eigenvalue weighted by atomic mass is 79.9. The van der Waals surface area contributed by atoms with Crippen LogP contribution in [0.3, 0.4) is 0 Å². The molecule has 0 aromatic carbocycles. The van der Waals surface area contributed by atoms with Gasteiger partial charge in [-0.3, -0.25) is 0 Å². The van der Waals surface area contributed by atoms with Crippen molar-refractivity contribution >= 4 is 15.9 Å². The maximum absolute atomic E-state index is 3.53. The van der Waals surface area contributed by atoms with Crippen molar-refractivity contribution in [2.75, 3.05) is 25.0 Å². The fourth-order valence-electron chi connectivity index (χ4n) is 2.23. The average Bonchev–Trinajstić information content (AvgIpc) is 2.53. The maximum atomic E-state index is 3.53. The van der Waals surface area contributed by atoms with Crippen molar-refractivity contribution in [3.05, 3.63) is 0 Å². The van der Waals surface area contributed by atoms with Gasteiger partial charge in [-0.25, -0.2) is 0 Å². The maximum Gasteiger partial charge on any atom is 0.00344 e. The first kappa shape index (κ1) is 12.5. The zero-order valence-corrected chi connectivity index (χ0v) is 11.2. The summed E-state index contributed by atoms with van der Waals surface area (Å²) in [6, 6.07) is 0. The van der Waals surface area contributed by atoms with Crippen LogP contribution in [0.4, 0.5) is 0 Å². The lowest BCUT2D eigenvalue weighted by molar-refractivity contribution is 0.308. The number of hydrogen-bond acceptors (Lipinski definition) is 1. The van der Waals surface area contributed by atoms with Crippen LogP contribution in [0.2, 0.25) is 0 Å². The van der Waals surface area contributed by atoms with Crippen LogP contribution in [0, 0.1) is 11.8 Å². The van der Waals surface area contributed by atoms with Crippen molar-refractivity contribution in [1.29, 1.82) is 0 Å². The third kappa shape index (κ3) is 4.79. The van der Waals surface area contributed by atoms with Gasteiger partial charge in [0.05, 0.1) is 0 Å². The molecule has 1 nitrogen and oxygen atoms in total. The van der Waals surface area contributed by atoms with E-state index in [1.54, 1.807) is 0 Å². The molecule has 0 amide bonds. The predicted octanol–water partition coefficient (Wildman–Crippen LogP) is 3.53. The largest absolute Gasteiger partial charge is 0.303 e. The van der Waals surface area contributed by atoms with Crippen molar-refractivity contribution in [2.24, 2.45) is 11.8 Å². The van der Waals surface area contributed by atoms with Gasteiger partial charge in [0.15, 0.2) is 0 Å². The molecule has 0 aromatic rings. The molecule has 1 aliphatic heterocycles. The van der Waals surface area contributed by atoms with E-state index in [2.05, 4.69) is 34.7 Å². The summed E-state index contributed by atoms with van der Waals surface area (Å²) in [5, 5.41) is 1.18. The Labute approximate surface area is 97.4 Å². The number of hydrogen-bond donors (Lipinski definition) is 0. The molecule has 0 spiro atoms. The second-order valence-electron chi connectivity index (χ2n) is 4.97. The fraction of sp³-hybridized carbons (Fsp3) is 1.00. The van der Waals surface area contributed by atoms with Crippen LogP contribution in [0.15, 0.2) is 0 Å². The summed E-state index contributed by atoms with van der Waals surface area (Å²) in [6.07, 6.45) is 5.56. The van der Waals surface area contributed by atoms with Gasteiger partial charge in [-0.1, -0.05) is 29.8 Å². The summed E-state index contributed by atoms with van der Waals surface area (Å²) < 4.78 is 0. The Morgan fingerprint density at radius 1 is 1.43 bits per heavy atom. The summed E-state index contributed by atoms with van der Waals surface area (Å²) in [4.78, 5) is 2.65. The van der Waals surface area contributed by atoms with Crippen molar-refractivity contribution in [1.82, 2.24) is 4.90 Å². The molecule has 2 heteroatoms. The Morgan fingerprint density at radius 2 is 2.21 bits per heavy atom. The highest BCUT2D eigenvalue weighted by Gasteiger charge is 2.20. The monoisotopic (exact) mass is 261 g/mol. The van der Waals surface area contributed by atoms with E-state index in [-0.39, 0.29) is 0 Å². The van der Waals surface area contributed by atoms with Gasteiger partial charge in [-0.15, -0.1) is 0 Å². The quantitative estimate of drug-likeness (QED) is 0.662. The summed E-state index contributed by atoms with van der Waals surface area (Å²) in [5.74, 6) is 1.84. The van der Waals surface area contributed by atoms with E-state index in [1.165, 1.54) is 50.6 Å². The van der Waals surface area contributed by atoms with E-state index in [0.717, 1.165) is 11.8 Å². The molecule has 1 aliphatic rings. The summed E-state index contributed by atoms with van der Waals surface area (Å²) in [7, 11) is 0. The normalized spacial score (nSPS) is 23.6. The average molecular weight is 262 g/mol. The second kappa shape index (κ2) is 6.84. The molecule has 0 radical (unpaired) electrons. The van der Waals surface area contributed by atoms with E-state index in [4.69, 9.17) is 0 Å². The van der Waals surface area contributed by atoms with Crippen molar-refractivity contribution in [2.45, 2.75) is 39.5 Å². The van der Waals surface area contributed by atoms with Gasteiger partial charge < -0.3 is 4.90 Å². The molecule has 84 valence electrons. The standard InChI is InChI=1S/C12H24BrN/c1-11(2)4-3-8-14-9-6-12(10-14)5-7-13/h11-12H,3-10H2,1-2H3. The van der Waals surface area contributed by atoms with Crippen LogP contribution >= 0.6 is 15.9 Å². The molecular weight excluding hydrogens is 238 g/mol. The molecular formula is C12H24BrN. The van der Waals surface area contributed by atoms with Crippen LogP contribution in [0.1, 0.15) is 39.5 Å². The van der Waals surface area contributed by atoms with Gasteiger partial charge in [0, 0.05) is 11.9 Å². The zero-order chi connectivity index (χ0) is 10.4. The summed E-state index contributed by atoms with van der Waals surface area (Å²) >= 11 is 3.53. The van der Waals surface area contributed by atoms with Crippen molar-refractivity contribution in [3.8, 4) is 0 Å². The predicted molar refractivity (Wildman–Crippen MR) is 67.0 cm³/mol. The number of rotatable bonds is 6. The molecule has 0 saturated carbocycles. The van der Waals surface area contributed by atoms with E-state index < -0.39 is 0 Å².